The topological polar surface area (TPSA) is 57.6 Å². The van der Waals surface area contributed by atoms with Gasteiger partial charge in [0.25, 0.3) is 0 Å². The normalized spacial score (nSPS) is 19.1. The first-order chi connectivity index (χ1) is 12.6. The third-order valence-corrected chi connectivity index (χ3v) is 4.81. The van der Waals surface area contributed by atoms with Gasteiger partial charge in [-0.2, -0.15) is 0 Å². The van der Waals surface area contributed by atoms with Crippen LogP contribution in [0.1, 0.15) is 24.0 Å². The van der Waals surface area contributed by atoms with Gasteiger partial charge in [0.05, 0.1) is 11.8 Å². The number of hydrogen-bond acceptors (Lipinski definition) is 2. The fraction of sp³-hybridized carbons (Fsp3) is 0.273. The van der Waals surface area contributed by atoms with Crippen molar-refractivity contribution in [1.82, 2.24) is 4.90 Å². The Kier molecular flexibility index (Phi) is 5.84. The average molecular weight is 349 g/mol. The largest absolute Gasteiger partial charge is 0.481 e. The van der Waals surface area contributed by atoms with Gasteiger partial charge in [-0.3, -0.25) is 9.59 Å². The van der Waals surface area contributed by atoms with Gasteiger partial charge in [-0.25, -0.2) is 0 Å². The third kappa shape index (κ3) is 4.39. The number of benzene rings is 2. The van der Waals surface area contributed by atoms with Crippen LogP contribution >= 0.6 is 0 Å². The third-order valence-electron chi connectivity index (χ3n) is 4.81. The van der Waals surface area contributed by atoms with E-state index in [9.17, 15) is 14.7 Å². The molecule has 4 nitrogen and oxygen atoms in total. The van der Waals surface area contributed by atoms with Crippen LogP contribution < -0.4 is 0 Å². The van der Waals surface area contributed by atoms with E-state index < -0.39 is 17.8 Å². The molecular weight excluding hydrogens is 326 g/mol. The number of hydrogen-bond donors (Lipinski definition) is 1. The van der Waals surface area contributed by atoms with Crippen molar-refractivity contribution < 1.29 is 14.7 Å². The van der Waals surface area contributed by atoms with Gasteiger partial charge < -0.3 is 10.0 Å². The molecule has 3 rings (SSSR count). The van der Waals surface area contributed by atoms with Gasteiger partial charge in [0.15, 0.2) is 0 Å². The number of nitrogens with zero attached hydrogens (tertiary/aromatic N) is 1. The Morgan fingerprint density at radius 1 is 0.808 bits per heavy atom. The summed E-state index contributed by atoms with van der Waals surface area (Å²) in [5.74, 6) is -2.15. The predicted molar refractivity (Wildman–Crippen MR) is 100 cm³/mol. The van der Waals surface area contributed by atoms with Crippen LogP contribution in [-0.4, -0.2) is 21.9 Å². The highest BCUT2D eigenvalue weighted by molar-refractivity contribution is 5.85. The van der Waals surface area contributed by atoms with Crippen molar-refractivity contribution >= 4 is 11.9 Å². The van der Waals surface area contributed by atoms with Crippen LogP contribution in [0.25, 0.3) is 0 Å². The van der Waals surface area contributed by atoms with Crippen molar-refractivity contribution in [2.75, 3.05) is 0 Å². The first-order valence-electron chi connectivity index (χ1n) is 8.89. The Labute approximate surface area is 153 Å². The molecule has 0 radical (unpaired) electrons. The lowest BCUT2D eigenvalue weighted by Gasteiger charge is -2.31. The molecule has 1 N–H and O–H groups in total. The first kappa shape index (κ1) is 17.9. The van der Waals surface area contributed by atoms with Crippen molar-refractivity contribution in [3.05, 3.63) is 83.9 Å². The minimum absolute atomic E-state index is 0.0885. The maximum atomic E-state index is 13.3. The minimum atomic E-state index is -0.896. The van der Waals surface area contributed by atoms with E-state index in [4.69, 9.17) is 0 Å². The molecule has 0 aliphatic heterocycles. The minimum Gasteiger partial charge on any atom is -0.481 e. The number of allylic oxidation sites excluding steroid dienone is 2. The molecular formula is C22H23NO3. The monoisotopic (exact) mass is 349 g/mol. The molecule has 134 valence electrons. The van der Waals surface area contributed by atoms with Gasteiger partial charge in [-0.15, -0.1) is 0 Å². The van der Waals surface area contributed by atoms with Crippen molar-refractivity contribution in [2.24, 2.45) is 11.8 Å². The van der Waals surface area contributed by atoms with Gasteiger partial charge in [0, 0.05) is 13.1 Å². The highest BCUT2D eigenvalue weighted by atomic mass is 16.4. The van der Waals surface area contributed by atoms with Crippen LogP contribution in [0.5, 0.6) is 0 Å². The van der Waals surface area contributed by atoms with Crippen LogP contribution in [0.2, 0.25) is 0 Å². The maximum Gasteiger partial charge on any atom is 0.307 e. The van der Waals surface area contributed by atoms with E-state index in [0.29, 0.717) is 25.9 Å². The summed E-state index contributed by atoms with van der Waals surface area (Å²) in [5.41, 5.74) is 2.07. The Morgan fingerprint density at radius 2 is 1.27 bits per heavy atom. The summed E-state index contributed by atoms with van der Waals surface area (Å²) < 4.78 is 0. The molecule has 1 aliphatic carbocycles. The van der Waals surface area contributed by atoms with Crippen molar-refractivity contribution in [3.63, 3.8) is 0 Å². The Morgan fingerprint density at radius 3 is 1.73 bits per heavy atom. The highest BCUT2D eigenvalue weighted by Gasteiger charge is 2.36. The number of carboxylic acid groups (broad SMARTS) is 1. The lowest BCUT2D eigenvalue weighted by Crippen LogP contribution is -2.41. The van der Waals surface area contributed by atoms with E-state index in [1.54, 1.807) is 4.90 Å². The summed E-state index contributed by atoms with van der Waals surface area (Å²) >= 11 is 0. The molecule has 0 heterocycles. The Hall–Kier alpha value is -2.88. The summed E-state index contributed by atoms with van der Waals surface area (Å²) in [6.07, 6.45) is 4.68. The molecule has 26 heavy (non-hydrogen) atoms. The molecule has 0 aromatic heterocycles. The van der Waals surface area contributed by atoms with E-state index in [1.165, 1.54) is 0 Å². The number of carboxylic acids is 1. The van der Waals surface area contributed by atoms with Gasteiger partial charge in [-0.05, 0) is 24.0 Å². The summed E-state index contributed by atoms with van der Waals surface area (Å²) in [7, 11) is 0. The van der Waals surface area contributed by atoms with Gasteiger partial charge in [0.2, 0.25) is 5.91 Å². The fourth-order valence-corrected chi connectivity index (χ4v) is 3.41. The second kappa shape index (κ2) is 8.48. The lowest BCUT2D eigenvalue weighted by atomic mass is 9.82. The highest BCUT2D eigenvalue weighted by Crippen LogP contribution is 2.29. The Balaban J connectivity index is 1.84. The molecule has 4 heteroatoms. The molecule has 0 bridgehead atoms. The van der Waals surface area contributed by atoms with E-state index in [2.05, 4.69) is 0 Å². The molecule has 0 spiro atoms. The van der Waals surface area contributed by atoms with Crippen LogP contribution in [0.15, 0.2) is 72.8 Å². The standard InChI is InChI=1S/C22H23NO3/c24-21(19-13-7-8-14-20(19)22(25)26)23(15-17-9-3-1-4-10-17)16-18-11-5-2-6-12-18/h1-12,19-20H,13-16H2,(H,25,26). The number of rotatable bonds is 6. The zero-order valence-electron chi connectivity index (χ0n) is 14.6. The number of aliphatic carboxylic acids is 1. The molecule has 2 unspecified atom stereocenters. The maximum absolute atomic E-state index is 13.3. The van der Waals surface area contributed by atoms with E-state index in [1.807, 2.05) is 72.8 Å². The second-order valence-electron chi connectivity index (χ2n) is 6.66. The lowest BCUT2D eigenvalue weighted by molar-refractivity contribution is -0.151. The summed E-state index contributed by atoms with van der Waals surface area (Å²) in [5, 5.41) is 9.51. The average Bonchev–Trinajstić information content (AvgIpc) is 2.68. The summed E-state index contributed by atoms with van der Waals surface area (Å²) in [6.45, 7) is 0.947. The van der Waals surface area contributed by atoms with E-state index in [-0.39, 0.29) is 5.91 Å². The van der Waals surface area contributed by atoms with E-state index >= 15 is 0 Å². The first-order valence-corrected chi connectivity index (χ1v) is 8.89. The molecule has 0 saturated heterocycles. The van der Waals surface area contributed by atoms with Crippen molar-refractivity contribution in [1.29, 1.82) is 0 Å². The molecule has 2 aromatic carbocycles. The van der Waals surface area contributed by atoms with Crippen molar-refractivity contribution in [3.8, 4) is 0 Å². The zero-order valence-corrected chi connectivity index (χ0v) is 14.6. The molecule has 2 aromatic rings. The van der Waals surface area contributed by atoms with Gasteiger partial charge >= 0.3 is 5.97 Å². The quantitative estimate of drug-likeness (QED) is 0.805. The van der Waals surface area contributed by atoms with Crippen LogP contribution in [0.3, 0.4) is 0 Å². The van der Waals surface area contributed by atoms with Gasteiger partial charge in [-0.1, -0.05) is 72.8 Å². The number of amides is 1. The van der Waals surface area contributed by atoms with Crippen LogP contribution in [0.4, 0.5) is 0 Å². The summed E-state index contributed by atoms with van der Waals surface area (Å²) in [6, 6.07) is 19.6. The van der Waals surface area contributed by atoms with E-state index in [0.717, 1.165) is 11.1 Å². The number of carbonyl (C=O) groups excluding carboxylic acids is 1. The van der Waals surface area contributed by atoms with Crippen molar-refractivity contribution in [2.45, 2.75) is 25.9 Å². The molecule has 1 aliphatic rings. The number of carbonyl (C=O) groups is 2. The fourth-order valence-electron chi connectivity index (χ4n) is 3.41. The second-order valence-corrected chi connectivity index (χ2v) is 6.66. The summed E-state index contributed by atoms with van der Waals surface area (Å²) in [4.78, 5) is 26.6. The molecule has 2 atom stereocenters. The Bertz CT molecular complexity index is 729. The smallest absolute Gasteiger partial charge is 0.307 e. The molecule has 0 fully saturated rings. The zero-order chi connectivity index (χ0) is 18.4. The predicted octanol–water partition coefficient (Wildman–Crippen LogP) is 3.88. The SMILES string of the molecule is O=C(O)C1CC=CCC1C(=O)N(Cc1ccccc1)Cc1ccccc1. The van der Waals surface area contributed by atoms with Crippen LogP contribution in [0, 0.1) is 11.8 Å². The van der Waals surface area contributed by atoms with Crippen LogP contribution in [-0.2, 0) is 22.7 Å². The van der Waals surface area contributed by atoms with Gasteiger partial charge in [0.1, 0.15) is 0 Å². The molecule has 0 saturated carbocycles. The molecule has 1 amide bonds.